The van der Waals surface area contributed by atoms with Crippen molar-refractivity contribution >= 4 is 17.5 Å². The fourth-order valence-corrected chi connectivity index (χ4v) is 3.87. The Kier molecular flexibility index (Phi) is 7.01. The molecule has 34 heavy (non-hydrogen) atoms. The Morgan fingerprint density at radius 3 is 2.03 bits per heavy atom. The fraction of sp³-hybridized carbons (Fsp3) is 0.320. The molecule has 4 rings (SSSR count). The van der Waals surface area contributed by atoms with E-state index in [0.717, 1.165) is 17.1 Å². The molecule has 0 aliphatic carbocycles. The van der Waals surface area contributed by atoms with Crippen molar-refractivity contribution in [3.05, 3.63) is 54.1 Å². The summed E-state index contributed by atoms with van der Waals surface area (Å²) >= 11 is 0. The van der Waals surface area contributed by atoms with E-state index >= 15 is 0 Å². The van der Waals surface area contributed by atoms with Gasteiger partial charge in [-0.25, -0.2) is 4.79 Å². The number of aryl methyl sites for hydroxylation is 1. The second-order valence-electron chi connectivity index (χ2n) is 7.96. The van der Waals surface area contributed by atoms with Crippen LogP contribution in [0.15, 0.2) is 48.5 Å². The molecule has 0 bridgehead atoms. The molecule has 2 amide bonds. The first-order valence-electron chi connectivity index (χ1n) is 11.0. The van der Waals surface area contributed by atoms with Crippen molar-refractivity contribution in [1.82, 2.24) is 15.1 Å². The Morgan fingerprint density at radius 1 is 0.853 bits per heavy atom. The van der Waals surface area contributed by atoms with Crippen LogP contribution in [0.4, 0.5) is 16.3 Å². The Bertz CT molecular complexity index is 1100. The van der Waals surface area contributed by atoms with Gasteiger partial charge in [-0.3, -0.25) is 0 Å². The third-order valence-electron chi connectivity index (χ3n) is 5.80. The predicted molar refractivity (Wildman–Crippen MR) is 131 cm³/mol. The maximum atomic E-state index is 12.8. The SMILES string of the molecule is COc1cc(NC(=O)N2CCN(c3ccc(-c4ccc(C)cc4)nn3)CC2)cc(OC)c1OC. The number of hydrogen-bond donors (Lipinski definition) is 1. The molecule has 0 spiro atoms. The molecule has 2 aromatic carbocycles. The number of nitrogens with one attached hydrogen (secondary N) is 1. The lowest BCUT2D eigenvalue weighted by Gasteiger charge is -2.35. The molecular weight excluding hydrogens is 434 g/mol. The highest BCUT2D eigenvalue weighted by Gasteiger charge is 2.23. The van der Waals surface area contributed by atoms with E-state index in [4.69, 9.17) is 14.2 Å². The van der Waals surface area contributed by atoms with Gasteiger partial charge in [-0.2, -0.15) is 0 Å². The molecule has 0 radical (unpaired) electrons. The van der Waals surface area contributed by atoms with Crippen LogP contribution in [0.25, 0.3) is 11.3 Å². The normalized spacial score (nSPS) is 13.4. The van der Waals surface area contributed by atoms with Gasteiger partial charge in [0.2, 0.25) is 5.75 Å². The molecule has 9 heteroatoms. The summed E-state index contributed by atoms with van der Waals surface area (Å²) in [7, 11) is 4.62. The molecule has 9 nitrogen and oxygen atoms in total. The van der Waals surface area contributed by atoms with Gasteiger partial charge in [0.1, 0.15) is 0 Å². The van der Waals surface area contributed by atoms with E-state index in [2.05, 4.69) is 39.5 Å². The highest BCUT2D eigenvalue weighted by molar-refractivity contribution is 5.90. The molecule has 1 aliphatic rings. The van der Waals surface area contributed by atoms with Crippen LogP contribution in [0.3, 0.4) is 0 Å². The molecule has 3 aromatic rings. The lowest BCUT2D eigenvalue weighted by molar-refractivity contribution is 0.208. The molecule has 2 heterocycles. The second kappa shape index (κ2) is 10.3. The molecule has 1 saturated heterocycles. The van der Waals surface area contributed by atoms with E-state index in [9.17, 15) is 4.79 Å². The number of amides is 2. The smallest absolute Gasteiger partial charge is 0.321 e. The first kappa shape index (κ1) is 23.2. The van der Waals surface area contributed by atoms with Gasteiger partial charge in [0.15, 0.2) is 17.3 Å². The number of anilines is 2. The van der Waals surface area contributed by atoms with Crippen molar-refractivity contribution in [3.63, 3.8) is 0 Å². The highest BCUT2D eigenvalue weighted by Crippen LogP contribution is 2.40. The van der Waals surface area contributed by atoms with Gasteiger partial charge < -0.3 is 29.3 Å². The van der Waals surface area contributed by atoms with Crippen molar-refractivity contribution in [2.45, 2.75) is 6.92 Å². The quantitative estimate of drug-likeness (QED) is 0.594. The number of urea groups is 1. The van der Waals surface area contributed by atoms with Gasteiger partial charge in [0.05, 0.1) is 32.7 Å². The molecule has 178 valence electrons. The van der Waals surface area contributed by atoms with Crippen LogP contribution < -0.4 is 24.4 Å². The first-order chi connectivity index (χ1) is 16.5. The van der Waals surface area contributed by atoms with Crippen molar-refractivity contribution in [3.8, 4) is 28.5 Å². The van der Waals surface area contributed by atoms with E-state index in [-0.39, 0.29) is 6.03 Å². The van der Waals surface area contributed by atoms with E-state index in [1.807, 2.05) is 24.3 Å². The number of carbonyl (C=O) groups is 1. The van der Waals surface area contributed by atoms with Crippen LogP contribution >= 0.6 is 0 Å². The largest absolute Gasteiger partial charge is 0.493 e. The molecular formula is C25H29N5O4. The molecule has 1 fully saturated rings. The van der Waals surface area contributed by atoms with E-state index < -0.39 is 0 Å². The average Bonchev–Trinajstić information content (AvgIpc) is 2.88. The second-order valence-corrected chi connectivity index (χ2v) is 7.96. The number of rotatable bonds is 6. The number of ether oxygens (including phenoxy) is 3. The zero-order valence-corrected chi connectivity index (χ0v) is 19.9. The standard InChI is InChI=1S/C25H29N5O4/c1-17-5-7-18(8-6-17)20-9-10-23(28-27-20)29-11-13-30(14-12-29)25(31)26-19-15-21(32-2)24(34-4)22(16-19)33-3/h5-10,15-16H,11-14H2,1-4H3,(H,26,31). The van der Waals surface area contributed by atoms with Gasteiger partial charge in [0.25, 0.3) is 0 Å². The van der Waals surface area contributed by atoms with Gasteiger partial charge in [-0.1, -0.05) is 29.8 Å². The Balaban J connectivity index is 1.36. The van der Waals surface area contributed by atoms with Crippen LogP contribution in [-0.4, -0.2) is 68.6 Å². The van der Waals surface area contributed by atoms with Gasteiger partial charge >= 0.3 is 6.03 Å². The minimum Gasteiger partial charge on any atom is -0.493 e. The van der Waals surface area contributed by atoms with Crippen LogP contribution in [0.1, 0.15) is 5.56 Å². The van der Waals surface area contributed by atoms with Gasteiger partial charge in [-0.05, 0) is 19.1 Å². The minimum absolute atomic E-state index is 0.185. The van der Waals surface area contributed by atoms with Crippen molar-refractivity contribution in [2.24, 2.45) is 0 Å². The summed E-state index contributed by atoms with van der Waals surface area (Å²) in [5, 5.41) is 11.7. The molecule has 1 N–H and O–H groups in total. The minimum atomic E-state index is -0.185. The maximum absolute atomic E-state index is 12.8. The topological polar surface area (TPSA) is 89.1 Å². The zero-order chi connectivity index (χ0) is 24.1. The monoisotopic (exact) mass is 463 g/mol. The van der Waals surface area contributed by atoms with Crippen LogP contribution in [0.5, 0.6) is 17.2 Å². The number of methoxy groups -OCH3 is 3. The summed E-state index contributed by atoms with van der Waals surface area (Å²) in [6.07, 6.45) is 0. The number of piperazine rings is 1. The van der Waals surface area contributed by atoms with Gasteiger partial charge in [-0.15, -0.1) is 10.2 Å². The molecule has 0 atom stereocenters. The number of aromatic nitrogens is 2. The first-order valence-corrected chi connectivity index (χ1v) is 11.0. The highest BCUT2D eigenvalue weighted by atomic mass is 16.5. The fourth-order valence-electron chi connectivity index (χ4n) is 3.87. The van der Waals surface area contributed by atoms with Crippen molar-refractivity contribution in [1.29, 1.82) is 0 Å². The van der Waals surface area contributed by atoms with Crippen LogP contribution in [-0.2, 0) is 0 Å². The number of nitrogens with zero attached hydrogens (tertiary/aromatic N) is 4. The Labute approximate surface area is 199 Å². The van der Waals surface area contributed by atoms with E-state index in [1.54, 1.807) is 38.4 Å². The number of hydrogen-bond acceptors (Lipinski definition) is 7. The Morgan fingerprint density at radius 2 is 1.50 bits per heavy atom. The Hall–Kier alpha value is -4.01. The zero-order valence-electron chi connectivity index (χ0n) is 19.9. The lowest BCUT2D eigenvalue weighted by Crippen LogP contribution is -2.50. The maximum Gasteiger partial charge on any atom is 0.321 e. The van der Waals surface area contributed by atoms with E-state index in [1.165, 1.54) is 5.56 Å². The number of benzene rings is 2. The molecule has 1 aromatic heterocycles. The van der Waals surface area contributed by atoms with Crippen LogP contribution in [0.2, 0.25) is 0 Å². The summed E-state index contributed by atoms with van der Waals surface area (Å²) in [6, 6.07) is 15.4. The molecule has 0 unspecified atom stereocenters. The molecule has 0 saturated carbocycles. The van der Waals surface area contributed by atoms with Crippen LogP contribution in [0, 0.1) is 6.92 Å². The average molecular weight is 464 g/mol. The summed E-state index contributed by atoms with van der Waals surface area (Å²) < 4.78 is 16.1. The summed E-state index contributed by atoms with van der Waals surface area (Å²) in [4.78, 5) is 16.8. The van der Waals surface area contributed by atoms with E-state index in [0.29, 0.717) is 49.1 Å². The van der Waals surface area contributed by atoms with Gasteiger partial charge in [0, 0.05) is 43.9 Å². The third-order valence-corrected chi connectivity index (χ3v) is 5.80. The molecule has 1 aliphatic heterocycles. The number of carbonyl (C=O) groups excluding carboxylic acids is 1. The summed E-state index contributed by atoms with van der Waals surface area (Å²) in [5.74, 6) is 2.25. The predicted octanol–water partition coefficient (Wildman–Crippen LogP) is 3.83. The lowest BCUT2D eigenvalue weighted by atomic mass is 10.1. The van der Waals surface area contributed by atoms with Crippen molar-refractivity contribution in [2.75, 3.05) is 57.7 Å². The third kappa shape index (κ3) is 4.98. The summed E-state index contributed by atoms with van der Waals surface area (Å²) in [6.45, 7) is 4.53. The van der Waals surface area contributed by atoms with Crippen molar-refractivity contribution < 1.29 is 19.0 Å². The summed E-state index contributed by atoms with van der Waals surface area (Å²) in [5.41, 5.74) is 3.66.